The molecule has 1 unspecified atom stereocenters. The van der Waals surface area contributed by atoms with Gasteiger partial charge in [-0.2, -0.15) is 0 Å². The average molecular weight is 331 g/mol. The van der Waals surface area contributed by atoms with Crippen molar-refractivity contribution in [1.82, 2.24) is 0 Å². The number of rotatable bonds is 2. The quantitative estimate of drug-likeness (QED) is 0.438. The fraction of sp³-hybridized carbons (Fsp3) is 0.591. The highest BCUT2D eigenvalue weighted by atomic mass is 16.5. The van der Waals surface area contributed by atoms with Gasteiger partial charge < -0.3 is 4.74 Å². The first-order valence-corrected chi connectivity index (χ1v) is 9.15. The molecule has 0 saturated carbocycles. The Labute approximate surface area is 148 Å². The van der Waals surface area contributed by atoms with E-state index in [1.165, 1.54) is 23.6 Å². The Balaban J connectivity index is 3.14. The summed E-state index contributed by atoms with van der Waals surface area (Å²) < 4.78 is 5.61. The van der Waals surface area contributed by atoms with Crippen molar-refractivity contribution in [2.24, 2.45) is 5.92 Å². The van der Waals surface area contributed by atoms with E-state index in [-0.39, 0.29) is 12.1 Å². The molecule has 1 aliphatic carbocycles. The lowest BCUT2D eigenvalue weighted by atomic mass is 9.92. The fourth-order valence-corrected chi connectivity index (χ4v) is 2.85. The summed E-state index contributed by atoms with van der Waals surface area (Å²) in [7, 11) is 0. The van der Waals surface area contributed by atoms with Crippen molar-refractivity contribution < 1.29 is 9.53 Å². The first kappa shape index (κ1) is 20.5. The van der Waals surface area contributed by atoms with Crippen molar-refractivity contribution in [2.75, 3.05) is 0 Å². The second-order valence-corrected chi connectivity index (χ2v) is 7.29. The van der Waals surface area contributed by atoms with E-state index in [1.54, 1.807) is 0 Å². The lowest BCUT2D eigenvalue weighted by Gasteiger charge is -2.22. The van der Waals surface area contributed by atoms with Crippen LogP contribution in [0.15, 0.2) is 46.6 Å². The molecular weight excluding hydrogens is 296 g/mol. The lowest BCUT2D eigenvalue weighted by Crippen LogP contribution is -2.20. The largest absolute Gasteiger partial charge is 0.458 e. The minimum Gasteiger partial charge on any atom is -0.458 e. The molecule has 1 atom stereocenters. The lowest BCUT2D eigenvalue weighted by molar-refractivity contribution is -0.144. The molecule has 0 spiro atoms. The fourth-order valence-electron chi connectivity index (χ4n) is 2.85. The predicted molar refractivity (Wildman–Crippen MR) is 103 cm³/mol. The van der Waals surface area contributed by atoms with Gasteiger partial charge in [-0.3, -0.25) is 4.79 Å². The topological polar surface area (TPSA) is 26.3 Å². The van der Waals surface area contributed by atoms with Crippen LogP contribution in [0.25, 0.3) is 0 Å². The van der Waals surface area contributed by atoms with Crippen LogP contribution in [0, 0.1) is 5.92 Å². The van der Waals surface area contributed by atoms with Gasteiger partial charge in [-0.15, -0.1) is 0 Å². The van der Waals surface area contributed by atoms with Crippen LogP contribution in [0.2, 0.25) is 0 Å². The Bertz CT molecular complexity index is 544. The predicted octanol–water partition coefficient (Wildman–Crippen LogP) is 6.30. The molecule has 0 aliphatic heterocycles. The molecule has 0 aromatic carbocycles. The molecule has 0 bridgehead atoms. The van der Waals surface area contributed by atoms with Gasteiger partial charge in [-0.05, 0) is 57.9 Å². The van der Waals surface area contributed by atoms with Gasteiger partial charge in [-0.1, -0.05) is 54.9 Å². The molecule has 0 amide bonds. The van der Waals surface area contributed by atoms with E-state index < -0.39 is 0 Å². The van der Waals surface area contributed by atoms with Crippen LogP contribution in [0.4, 0.5) is 0 Å². The first-order valence-electron chi connectivity index (χ1n) is 9.15. The third kappa shape index (κ3) is 7.81. The molecule has 0 saturated heterocycles. The summed E-state index contributed by atoms with van der Waals surface area (Å²) in [5, 5.41) is 0. The van der Waals surface area contributed by atoms with Crippen molar-refractivity contribution in [2.45, 2.75) is 79.8 Å². The average Bonchev–Trinajstić information content (AvgIpc) is 2.48. The van der Waals surface area contributed by atoms with E-state index in [0.29, 0.717) is 5.92 Å². The number of allylic oxidation sites excluding steroid dienone is 6. The smallest absolute Gasteiger partial charge is 0.303 e. The van der Waals surface area contributed by atoms with E-state index in [9.17, 15) is 4.79 Å². The number of esters is 1. The Morgan fingerprint density at radius 3 is 2.29 bits per heavy atom. The van der Waals surface area contributed by atoms with Crippen molar-refractivity contribution in [3.05, 3.63) is 46.6 Å². The maximum absolute atomic E-state index is 11.5. The van der Waals surface area contributed by atoms with Crippen LogP contribution < -0.4 is 0 Å². The first-order chi connectivity index (χ1) is 11.3. The summed E-state index contributed by atoms with van der Waals surface area (Å²) in [6.07, 6.45) is 13.9. The zero-order valence-corrected chi connectivity index (χ0v) is 16.3. The van der Waals surface area contributed by atoms with Crippen molar-refractivity contribution in [3.63, 3.8) is 0 Å². The molecule has 1 rings (SSSR count). The number of hydrogen-bond acceptors (Lipinski definition) is 2. The van der Waals surface area contributed by atoms with Crippen molar-refractivity contribution in [1.29, 1.82) is 0 Å². The molecule has 0 aromatic heterocycles. The standard InChI is InChI=1S/C22H34O2/c1-16(2)21-14-13-18(4)10-7-9-17(3)11-8-12-19(5)22(15-21)24-20(6)23/h9,12-14,16,22H,7-8,10-11,15H2,1-6H3/b17-9+,18-13+,19-12+,21-14+. The molecule has 2 heteroatoms. The molecule has 2 nitrogen and oxygen atoms in total. The van der Waals surface area contributed by atoms with Gasteiger partial charge in [0.2, 0.25) is 0 Å². The zero-order chi connectivity index (χ0) is 18.1. The third-order valence-electron chi connectivity index (χ3n) is 4.60. The van der Waals surface area contributed by atoms with Gasteiger partial charge in [0.1, 0.15) is 6.10 Å². The molecule has 1 aliphatic rings. The second kappa shape index (κ2) is 10.3. The number of ether oxygens (including phenoxy) is 1. The van der Waals surface area contributed by atoms with Gasteiger partial charge in [-0.25, -0.2) is 0 Å². The van der Waals surface area contributed by atoms with Crippen molar-refractivity contribution >= 4 is 5.97 Å². The van der Waals surface area contributed by atoms with Crippen LogP contribution in [-0.2, 0) is 9.53 Å². The normalized spacial score (nSPS) is 29.9. The number of hydrogen-bond donors (Lipinski definition) is 0. The van der Waals surface area contributed by atoms with E-state index in [0.717, 1.165) is 37.7 Å². The van der Waals surface area contributed by atoms with Crippen LogP contribution in [-0.4, -0.2) is 12.1 Å². The van der Waals surface area contributed by atoms with Crippen LogP contribution in [0.1, 0.15) is 73.6 Å². The van der Waals surface area contributed by atoms with Gasteiger partial charge in [0.05, 0.1) is 0 Å². The highest BCUT2D eigenvalue weighted by Crippen LogP contribution is 2.24. The van der Waals surface area contributed by atoms with E-state index in [2.05, 4.69) is 58.9 Å². The summed E-state index contributed by atoms with van der Waals surface area (Å²) in [4.78, 5) is 11.5. The second-order valence-electron chi connectivity index (χ2n) is 7.29. The molecule has 0 heterocycles. The zero-order valence-electron chi connectivity index (χ0n) is 16.3. The Kier molecular flexibility index (Phi) is 8.81. The Morgan fingerprint density at radius 1 is 1.04 bits per heavy atom. The molecule has 0 fully saturated rings. The maximum Gasteiger partial charge on any atom is 0.303 e. The van der Waals surface area contributed by atoms with Crippen molar-refractivity contribution in [3.8, 4) is 0 Å². The molecule has 0 aromatic rings. The summed E-state index contributed by atoms with van der Waals surface area (Å²) in [5.74, 6) is 0.231. The Morgan fingerprint density at radius 2 is 1.67 bits per heavy atom. The van der Waals surface area contributed by atoms with Gasteiger partial charge in [0.15, 0.2) is 0 Å². The SMILES string of the molecule is CC(=O)OC1C/C(C(C)C)=C\C=C(/C)CC/C=C(\C)CC/C=C/1C. The summed E-state index contributed by atoms with van der Waals surface area (Å²) >= 11 is 0. The van der Waals surface area contributed by atoms with Crippen LogP contribution >= 0.6 is 0 Å². The summed E-state index contributed by atoms with van der Waals surface area (Å²) in [5.41, 5.74) is 5.32. The molecule has 24 heavy (non-hydrogen) atoms. The van der Waals surface area contributed by atoms with E-state index in [4.69, 9.17) is 4.74 Å². The minimum atomic E-state index is -0.209. The highest BCUT2D eigenvalue weighted by Gasteiger charge is 2.18. The highest BCUT2D eigenvalue weighted by molar-refractivity contribution is 5.66. The van der Waals surface area contributed by atoms with E-state index in [1.807, 2.05) is 0 Å². The van der Waals surface area contributed by atoms with Crippen LogP contribution in [0.3, 0.4) is 0 Å². The molecule has 134 valence electrons. The molecular formula is C22H34O2. The Hall–Kier alpha value is -1.57. The third-order valence-corrected chi connectivity index (χ3v) is 4.60. The van der Waals surface area contributed by atoms with Gasteiger partial charge in [0, 0.05) is 13.3 Å². The summed E-state index contributed by atoms with van der Waals surface area (Å²) in [6.45, 7) is 12.4. The van der Waals surface area contributed by atoms with Crippen LogP contribution in [0.5, 0.6) is 0 Å². The van der Waals surface area contributed by atoms with E-state index >= 15 is 0 Å². The summed E-state index contributed by atoms with van der Waals surface area (Å²) in [6, 6.07) is 0. The molecule has 0 N–H and O–H groups in total. The van der Waals surface area contributed by atoms with Gasteiger partial charge >= 0.3 is 5.97 Å². The number of carbonyl (C=O) groups is 1. The number of carbonyl (C=O) groups excluding carboxylic acids is 1. The maximum atomic E-state index is 11.5. The molecule has 0 radical (unpaired) electrons. The minimum absolute atomic E-state index is 0.155. The van der Waals surface area contributed by atoms with Gasteiger partial charge in [0.25, 0.3) is 0 Å². The monoisotopic (exact) mass is 330 g/mol.